The van der Waals surface area contributed by atoms with Crippen molar-refractivity contribution in [1.29, 1.82) is 0 Å². The van der Waals surface area contributed by atoms with Gasteiger partial charge in [0.2, 0.25) is 0 Å². The average Bonchev–Trinajstić information content (AvgIpc) is 3.06. The summed E-state index contributed by atoms with van der Waals surface area (Å²) >= 11 is 0. The van der Waals surface area contributed by atoms with Gasteiger partial charge in [0, 0.05) is 32.0 Å². The zero-order valence-corrected chi connectivity index (χ0v) is 19.6. The zero-order chi connectivity index (χ0) is 23.6. The molecule has 1 N–H and O–H groups in total. The summed E-state index contributed by atoms with van der Waals surface area (Å²) in [6, 6.07) is 14.7. The Kier molecular flexibility index (Phi) is 8.89. The lowest BCUT2D eigenvalue weighted by atomic mass is 10.0. The second-order valence-electron chi connectivity index (χ2n) is 7.73. The van der Waals surface area contributed by atoms with Gasteiger partial charge >= 0.3 is 0 Å². The first-order valence-electron chi connectivity index (χ1n) is 11.4. The number of carbonyl (C=O) groups excluding carboxylic acids is 2. The highest BCUT2D eigenvalue weighted by atomic mass is 16.5. The molecule has 0 bridgehead atoms. The summed E-state index contributed by atoms with van der Waals surface area (Å²) in [5.74, 6) is 0.761. The van der Waals surface area contributed by atoms with E-state index in [9.17, 15) is 9.59 Å². The maximum atomic E-state index is 13.3. The normalized spacial score (nSPS) is 13.6. The molecule has 0 fully saturated rings. The lowest BCUT2D eigenvalue weighted by Gasteiger charge is -2.15. The summed E-state index contributed by atoms with van der Waals surface area (Å²) in [6.07, 6.45) is 2.37. The van der Waals surface area contributed by atoms with Crippen LogP contribution in [0.5, 0.6) is 11.5 Å². The van der Waals surface area contributed by atoms with Gasteiger partial charge < -0.3 is 19.5 Å². The van der Waals surface area contributed by atoms with Crippen molar-refractivity contribution in [3.8, 4) is 11.5 Å². The van der Waals surface area contributed by atoms with Crippen LogP contribution in [0.2, 0.25) is 0 Å². The highest BCUT2D eigenvalue weighted by Gasteiger charge is 2.38. The minimum atomic E-state index is -0.350. The van der Waals surface area contributed by atoms with Crippen LogP contribution in [0.25, 0.3) is 5.57 Å². The van der Waals surface area contributed by atoms with E-state index in [1.807, 2.05) is 62.4 Å². The number of amides is 2. The van der Waals surface area contributed by atoms with Gasteiger partial charge in [-0.2, -0.15) is 0 Å². The van der Waals surface area contributed by atoms with Crippen LogP contribution >= 0.6 is 0 Å². The summed E-state index contributed by atoms with van der Waals surface area (Å²) in [4.78, 5) is 27.8. The highest BCUT2D eigenvalue weighted by Crippen LogP contribution is 2.32. The van der Waals surface area contributed by atoms with Crippen molar-refractivity contribution in [3.05, 3.63) is 59.8 Å². The second-order valence-corrected chi connectivity index (χ2v) is 7.73. The Bertz CT molecular complexity index is 984. The van der Waals surface area contributed by atoms with E-state index in [-0.39, 0.29) is 24.1 Å². The Morgan fingerprint density at radius 3 is 2.21 bits per heavy atom. The van der Waals surface area contributed by atoms with Crippen LogP contribution in [0, 0.1) is 0 Å². The topological polar surface area (TPSA) is 77.1 Å². The minimum Gasteiger partial charge on any atom is -0.494 e. The number of anilines is 1. The maximum Gasteiger partial charge on any atom is 0.278 e. The largest absolute Gasteiger partial charge is 0.494 e. The van der Waals surface area contributed by atoms with Gasteiger partial charge in [0.05, 0.1) is 18.8 Å². The summed E-state index contributed by atoms with van der Waals surface area (Å²) in [5, 5.41) is 3.18. The molecule has 2 amide bonds. The van der Waals surface area contributed by atoms with Crippen LogP contribution in [0.1, 0.15) is 38.7 Å². The molecule has 2 aromatic carbocycles. The summed E-state index contributed by atoms with van der Waals surface area (Å²) in [6.45, 7) is 6.07. The molecule has 7 nitrogen and oxygen atoms in total. The van der Waals surface area contributed by atoms with Crippen LogP contribution < -0.4 is 14.8 Å². The van der Waals surface area contributed by atoms with Crippen LogP contribution in [-0.4, -0.2) is 50.2 Å². The molecule has 1 heterocycles. The lowest BCUT2D eigenvalue weighted by molar-refractivity contribution is -0.137. The molecular weight excluding hydrogens is 420 g/mol. The Labute approximate surface area is 195 Å². The third kappa shape index (κ3) is 6.14. The fourth-order valence-electron chi connectivity index (χ4n) is 3.50. The number of rotatable bonds is 13. The van der Waals surface area contributed by atoms with Gasteiger partial charge in [-0.05, 0) is 49.1 Å². The van der Waals surface area contributed by atoms with Crippen LogP contribution in [0.15, 0.2) is 54.2 Å². The molecule has 0 spiro atoms. The standard InChI is InChI=1S/C26H32N2O5/c1-4-15-32-21-12-10-19(11-13-21)23-24(26(30)28(25(23)29)14-7-17-31-3)27-20-8-6-9-22(18-20)33-16-5-2/h6,8-13,18,27H,4-5,7,14-17H2,1-3H3. The molecule has 176 valence electrons. The van der Waals surface area contributed by atoms with E-state index < -0.39 is 0 Å². The molecule has 0 aliphatic carbocycles. The van der Waals surface area contributed by atoms with Gasteiger partial charge in [0.1, 0.15) is 17.2 Å². The summed E-state index contributed by atoms with van der Waals surface area (Å²) < 4.78 is 16.4. The van der Waals surface area contributed by atoms with E-state index in [0.717, 1.165) is 18.6 Å². The van der Waals surface area contributed by atoms with Crippen LogP contribution in [0.3, 0.4) is 0 Å². The Morgan fingerprint density at radius 2 is 1.55 bits per heavy atom. The molecule has 3 rings (SSSR count). The third-order valence-electron chi connectivity index (χ3n) is 5.09. The number of methoxy groups -OCH3 is 1. The van der Waals surface area contributed by atoms with Crippen molar-refractivity contribution in [2.45, 2.75) is 33.1 Å². The molecule has 0 radical (unpaired) electrons. The fraction of sp³-hybridized carbons (Fsp3) is 0.385. The van der Waals surface area contributed by atoms with Crippen molar-refractivity contribution in [3.63, 3.8) is 0 Å². The summed E-state index contributed by atoms with van der Waals surface area (Å²) in [5.41, 5.74) is 1.94. The lowest BCUT2D eigenvalue weighted by Crippen LogP contribution is -2.33. The predicted octanol–water partition coefficient (Wildman–Crippen LogP) is 4.49. The molecule has 7 heteroatoms. The molecule has 0 saturated carbocycles. The first-order valence-corrected chi connectivity index (χ1v) is 11.4. The van der Waals surface area contributed by atoms with Gasteiger partial charge in [0.25, 0.3) is 11.8 Å². The minimum absolute atomic E-state index is 0.257. The molecule has 0 aromatic heterocycles. The average molecular weight is 453 g/mol. The molecule has 1 aliphatic rings. The molecule has 0 atom stereocenters. The number of benzene rings is 2. The first-order chi connectivity index (χ1) is 16.1. The van der Waals surface area contributed by atoms with Gasteiger partial charge in [-0.1, -0.05) is 32.0 Å². The smallest absolute Gasteiger partial charge is 0.278 e. The number of imide groups is 1. The Morgan fingerprint density at radius 1 is 0.848 bits per heavy atom. The fourth-order valence-corrected chi connectivity index (χ4v) is 3.50. The molecular formula is C26H32N2O5. The van der Waals surface area contributed by atoms with Gasteiger partial charge in [0.15, 0.2) is 0 Å². The SMILES string of the molecule is CCCOc1ccc(C2=C(Nc3cccc(OCCC)c3)C(=O)N(CCCOC)C2=O)cc1. The first kappa shape index (κ1) is 24.3. The van der Waals surface area contributed by atoms with Crippen molar-refractivity contribution in [1.82, 2.24) is 4.90 Å². The summed E-state index contributed by atoms with van der Waals surface area (Å²) in [7, 11) is 1.60. The third-order valence-corrected chi connectivity index (χ3v) is 5.09. The number of hydrogen-bond acceptors (Lipinski definition) is 6. The van der Waals surface area contributed by atoms with E-state index in [0.29, 0.717) is 48.8 Å². The highest BCUT2D eigenvalue weighted by molar-refractivity contribution is 6.36. The monoisotopic (exact) mass is 452 g/mol. The quantitative estimate of drug-likeness (QED) is 0.356. The molecule has 0 unspecified atom stereocenters. The maximum absolute atomic E-state index is 13.3. The molecule has 0 saturated heterocycles. The van der Waals surface area contributed by atoms with Crippen molar-refractivity contribution in [2.24, 2.45) is 0 Å². The Balaban J connectivity index is 1.92. The zero-order valence-electron chi connectivity index (χ0n) is 19.6. The predicted molar refractivity (Wildman–Crippen MR) is 128 cm³/mol. The Hall–Kier alpha value is -3.32. The van der Waals surface area contributed by atoms with Crippen molar-refractivity contribution >= 4 is 23.1 Å². The van der Waals surface area contributed by atoms with E-state index in [2.05, 4.69) is 5.32 Å². The van der Waals surface area contributed by atoms with E-state index in [1.54, 1.807) is 7.11 Å². The van der Waals surface area contributed by atoms with E-state index in [1.165, 1.54) is 4.90 Å². The molecule has 1 aliphatic heterocycles. The van der Waals surface area contributed by atoms with Crippen LogP contribution in [-0.2, 0) is 14.3 Å². The van der Waals surface area contributed by atoms with E-state index in [4.69, 9.17) is 14.2 Å². The number of nitrogens with one attached hydrogen (secondary N) is 1. The number of ether oxygens (including phenoxy) is 3. The molecule has 33 heavy (non-hydrogen) atoms. The number of carbonyl (C=O) groups is 2. The number of hydrogen-bond donors (Lipinski definition) is 1. The van der Waals surface area contributed by atoms with Crippen molar-refractivity contribution in [2.75, 3.05) is 38.8 Å². The van der Waals surface area contributed by atoms with Gasteiger partial charge in [-0.15, -0.1) is 0 Å². The van der Waals surface area contributed by atoms with Crippen LogP contribution in [0.4, 0.5) is 5.69 Å². The number of nitrogens with zero attached hydrogens (tertiary/aromatic N) is 1. The molecule has 2 aromatic rings. The second kappa shape index (κ2) is 12.1. The van der Waals surface area contributed by atoms with Gasteiger partial charge in [-0.25, -0.2) is 0 Å². The van der Waals surface area contributed by atoms with Crippen molar-refractivity contribution < 1.29 is 23.8 Å². The van der Waals surface area contributed by atoms with E-state index >= 15 is 0 Å². The van der Waals surface area contributed by atoms with Gasteiger partial charge in [-0.3, -0.25) is 14.5 Å².